The predicted octanol–water partition coefficient (Wildman–Crippen LogP) is 3.25. The first kappa shape index (κ1) is 20.5. The van der Waals surface area contributed by atoms with Crippen LogP contribution in [0.25, 0.3) is 11.1 Å². The van der Waals surface area contributed by atoms with Crippen molar-refractivity contribution in [2.75, 3.05) is 6.61 Å². The predicted molar refractivity (Wildman–Crippen MR) is 106 cm³/mol. The summed E-state index contributed by atoms with van der Waals surface area (Å²) in [6, 6.07) is 17.6. The first-order valence-corrected chi connectivity index (χ1v) is 9.11. The lowest BCUT2D eigenvalue weighted by Crippen LogP contribution is -2.53. The highest BCUT2D eigenvalue weighted by molar-refractivity contribution is 5.85. The first-order chi connectivity index (χ1) is 13.0. The molecule has 0 aliphatic heterocycles. The van der Waals surface area contributed by atoms with Crippen LogP contribution in [0, 0.1) is 5.92 Å². The molecule has 0 heterocycles. The minimum atomic E-state index is -0.669. The Morgan fingerprint density at radius 3 is 2.19 bits per heavy atom. The number of alkyl carbamates (subject to hydrolysis) is 1. The standard InChI is InChI=1S/C21H27N3O3/c1-4-27-21(26)23-19(15(2)3)20(25)24-22-14-16-10-12-18(13-11-16)17-8-6-5-7-9-17/h5-13,15,19,22H,4,14H2,1-3H3,(H,23,26)(H,24,25)/t19-/m0/s1. The van der Waals surface area contributed by atoms with E-state index in [-0.39, 0.29) is 18.4 Å². The zero-order chi connectivity index (χ0) is 19.6. The molecule has 0 aliphatic carbocycles. The molecule has 2 rings (SSSR count). The molecule has 0 saturated carbocycles. The largest absolute Gasteiger partial charge is 0.450 e. The number of ether oxygens (including phenoxy) is 1. The Morgan fingerprint density at radius 1 is 0.963 bits per heavy atom. The van der Waals surface area contributed by atoms with Crippen LogP contribution in [-0.4, -0.2) is 24.6 Å². The molecule has 0 unspecified atom stereocenters. The smallest absolute Gasteiger partial charge is 0.407 e. The molecule has 1 atom stereocenters. The normalized spacial score (nSPS) is 11.7. The summed E-state index contributed by atoms with van der Waals surface area (Å²) >= 11 is 0. The summed E-state index contributed by atoms with van der Waals surface area (Å²) in [6.45, 7) is 6.17. The number of hydrazine groups is 1. The van der Waals surface area contributed by atoms with E-state index < -0.39 is 12.1 Å². The van der Waals surface area contributed by atoms with E-state index in [9.17, 15) is 9.59 Å². The van der Waals surface area contributed by atoms with E-state index in [1.807, 2.05) is 56.3 Å². The second-order valence-corrected chi connectivity index (χ2v) is 6.49. The number of carbonyl (C=O) groups excluding carboxylic acids is 2. The molecule has 2 amide bonds. The van der Waals surface area contributed by atoms with Crippen LogP contribution >= 0.6 is 0 Å². The number of hydrogen-bond donors (Lipinski definition) is 3. The van der Waals surface area contributed by atoms with Gasteiger partial charge in [0.1, 0.15) is 6.04 Å². The molecule has 0 saturated heterocycles. The Bertz CT molecular complexity index is 730. The number of carbonyl (C=O) groups is 2. The summed E-state index contributed by atoms with van der Waals surface area (Å²) in [5, 5.41) is 2.58. The number of amides is 2. The summed E-state index contributed by atoms with van der Waals surface area (Å²) in [7, 11) is 0. The van der Waals surface area contributed by atoms with Gasteiger partial charge in [-0.15, -0.1) is 0 Å². The fourth-order valence-corrected chi connectivity index (χ4v) is 2.59. The molecule has 2 aromatic rings. The van der Waals surface area contributed by atoms with Crippen LogP contribution < -0.4 is 16.2 Å². The van der Waals surface area contributed by atoms with Gasteiger partial charge in [-0.2, -0.15) is 0 Å². The minimum absolute atomic E-state index is 0.0682. The Labute approximate surface area is 160 Å². The maximum absolute atomic E-state index is 12.3. The number of benzene rings is 2. The van der Waals surface area contributed by atoms with Crippen molar-refractivity contribution in [2.24, 2.45) is 5.92 Å². The maximum atomic E-state index is 12.3. The van der Waals surface area contributed by atoms with Gasteiger partial charge in [-0.1, -0.05) is 68.4 Å². The van der Waals surface area contributed by atoms with Crippen molar-refractivity contribution < 1.29 is 14.3 Å². The van der Waals surface area contributed by atoms with Crippen LogP contribution in [0.3, 0.4) is 0 Å². The van der Waals surface area contributed by atoms with Gasteiger partial charge in [0.2, 0.25) is 0 Å². The SMILES string of the molecule is CCOC(=O)N[C@H](C(=O)NNCc1ccc(-c2ccccc2)cc1)C(C)C. The summed E-state index contributed by atoms with van der Waals surface area (Å²) in [5.74, 6) is -0.375. The fraction of sp³-hybridized carbons (Fsp3) is 0.333. The van der Waals surface area contributed by atoms with Gasteiger partial charge in [-0.25, -0.2) is 10.2 Å². The fourth-order valence-electron chi connectivity index (χ4n) is 2.59. The van der Waals surface area contributed by atoms with Gasteiger partial charge in [-0.05, 0) is 29.5 Å². The van der Waals surface area contributed by atoms with Crippen molar-refractivity contribution in [3.63, 3.8) is 0 Å². The molecular weight excluding hydrogens is 342 g/mol. The molecule has 0 radical (unpaired) electrons. The van der Waals surface area contributed by atoms with Crippen molar-refractivity contribution in [2.45, 2.75) is 33.4 Å². The lowest BCUT2D eigenvalue weighted by molar-refractivity contribution is -0.125. The van der Waals surface area contributed by atoms with Gasteiger partial charge in [0.25, 0.3) is 5.91 Å². The third-order valence-electron chi connectivity index (χ3n) is 4.06. The molecule has 27 heavy (non-hydrogen) atoms. The molecule has 0 aliphatic rings. The van der Waals surface area contributed by atoms with Gasteiger partial charge >= 0.3 is 6.09 Å². The third kappa shape index (κ3) is 6.42. The van der Waals surface area contributed by atoms with Gasteiger partial charge < -0.3 is 10.1 Å². The van der Waals surface area contributed by atoms with Gasteiger partial charge in [-0.3, -0.25) is 10.2 Å². The molecular formula is C21H27N3O3. The molecule has 0 spiro atoms. The van der Waals surface area contributed by atoms with Gasteiger partial charge in [0, 0.05) is 6.54 Å². The van der Waals surface area contributed by atoms with Crippen LogP contribution in [0.4, 0.5) is 4.79 Å². The maximum Gasteiger partial charge on any atom is 0.407 e. The van der Waals surface area contributed by atoms with Crippen LogP contribution in [-0.2, 0) is 16.1 Å². The number of nitrogens with one attached hydrogen (secondary N) is 3. The number of hydrogen-bond acceptors (Lipinski definition) is 4. The molecule has 0 aromatic heterocycles. The Morgan fingerprint density at radius 2 is 1.59 bits per heavy atom. The second kappa shape index (κ2) is 10.3. The first-order valence-electron chi connectivity index (χ1n) is 9.11. The van der Waals surface area contributed by atoms with E-state index in [1.165, 1.54) is 0 Å². The third-order valence-corrected chi connectivity index (χ3v) is 4.06. The van der Waals surface area contributed by atoms with Crippen molar-refractivity contribution in [1.82, 2.24) is 16.2 Å². The molecule has 144 valence electrons. The summed E-state index contributed by atoms with van der Waals surface area (Å²) < 4.78 is 4.84. The quantitative estimate of drug-likeness (QED) is 0.624. The zero-order valence-electron chi connectivity index (χ0n) is 16.0. The van der Waals surface area contributed by atoms with E-state index in [0.29, 0.717) is 6.54 Å². The molecule has 3 N–H and O–H groups in total. The zero-order valence-corrected chi connectivity index (χ0v) is 16.0. The van der Waals surface area contributed by atoms with Crippen molar-refractivity contribution in [3.8, 4) is 11.1 Å². The van der Waals surface area contributed by atoms with E-state index in [2.05, 4.69) is 28.3 Å². The second-order valence-electron chi connectivity index (χ2n) is 6.49. The molecule has 6 nitrogen and oxygen atoms in total. The lowest BCUT2D eigenvalue weighted by atomic mass is 10.0. The average molecular weight is 369 g/mol. The Kier molecular flexibility index (Phi) is 7.82. The lowest BCUT2D eigenvalue weighted by Gasteiger charge is -2.21. The van der Waals surface area contributed by atoms with Crippen molar-refractivity contribution in [1.29, 1.82) is 0 Å². The average Bonchev–Trinajstić information content (AvgIpc) is 2.67. The van der Waals surface area contributed by atoms with E-state index in [1.54, 1.807) is 6.92 Å². The highest BCUT2D eigenvalue weighted by atomic mass is 16.5. The Hall–Kier alpha value is -2.86. The highest BCUT2D eigenvalue weighted by Crippen LogP contribution is 2.19. The van der Waals surface area contributed by atoms with E-state index in [4.69, 9.17) is 4.74 Å². The van der Waals surface area contributed by atoms with Crippen LogP contribution in [0.15, 0.2) is 54.6 Å². The van der Waals surface area contributed by atoms with Crippen LogP contribution in [0.2, 0.25) is 0 Å². The molecule has 0 bridgehead atoms. The summed E-state index contributed by atoms with van der Waals surface area (Å²) in [6.07, 6.45) is -0.595. The van der Waals surface area contributed by atoms with Crippen LogP contribution in [0.1, 0.15) is 26.3 Å². The van der Waals surface area contributed by atoms with Crippen LogP contribution in [0.5, 0.6) is 0 Å². The number of rotatable bonds is 8. The monoisotopic (exact) mass is 369 g/mol. The van der Waals surface area contributed by atoms with Gasteiger partial charge in [0.05, 0.1) is 6.61 Å². The highest BCUT2D eigenvalue weighted by Gasteiger charge is 2.24. The molecule has 0 fully saturated rings. The van der Waals surface area contributed by atoms with Crippen molar-refractivity contribution >= 4 is 12.0 Å². The minimum Gasteiger partial charge on any atom is -0.450 e. The molecule has 6 heteroatoms. The van der Waals surface area contributed by atoms with Crippen molar-refractivity contribution in [3.05, 3.63) is 60.2 Å². The summed E-state index contributed by atoms with van der Waals surface area (Å²) in [4.78, 5) is 23.9. The molecule has 2 aromatic carbocycles. The van der Waals surface area contributed by atoms with E-state index in [0.717, 1.165) is 16.7 Å². The van der Waals surface area contributed by atoms with E-state index >= 15 is 0 Å². The van der Waals surface area contributed by atoms with Gasteiger partial charge in [0.15, 0.2) is 0 Å². The Balaban J connectivity index is 1.85. The topological polar surface area (TPSA) is 79.5 Å². The summed E-state index contributed by atoms with van der Waals surface area (Å²) in [5.41, 5.74) is 8.90.